The number of nitrogens with zero attached hydrogens (tertiary/aromatic N) is 4. The molecular formula is C19H14ClN5O2. The van der Waals surface area contributed by atoms with Crippen LogP contribution in [0, 0.1) is 0 Å². The van der Waals surface area contributed by atoms with Crippen molar-refractivity contribution in [2.45, 2.75) is 0 Å². The van der Waals surface area contributed by atoms with Crippen LogP contribution in [0.15, 0.2) is 65.5 Å². The SMILES string of the molecule is COc1cc(Nc2nc(Cl)nc(-c3ccccc3)n2)ccc1-c1cnco1. The highest BCUT2D eigenvalue weighted by molar-refractivity contribution is 6.28. The summed E-state index contributed by atoms with van der Waals surface area (Å²) in [7, 11) is 1.59. The van der Waals surface area contributed by atoms with Gasteiger partial charge in [-0.1, -0.05) is 30.3 Å². The number of ether oxygens (including phenoxy) is 1. The zero-order valence-corrected chi connectivity index (χ0v) is 15.0. The van der Waals surface area contributed by atoms with E-state index < -0.39 is 0 Å². The average molecular weight is 380 g/mol. The molecule has 134 valence electrons. The van der Waals surface area contributed by atoms with Crippen LogP contribution in [0.2, 0.25) is 5.28 Å². The Balaban J connectivity index is 1.65. The molecule has 0 atom stereocenters. The summed E-state index contributed by atoms with van der Waals surface area (Å²) >= 11 is 6.07. The first-order valence-corrected chi connectivity index (χ1v) is 8.41. The fraction of sp³-hybridized carbons (Fsp3) is 0.0526. The van der Waals surface area contributed by atoms with Crippen LogP contribution in [0.25, 0.3) is 22.7 Å². The standard InChI is InChI=1S/C19H14ClN5O2/c1-26-15-9-13(7-8-14(15)16-10-21-11-27-16)22-19-24-17(23-18(20)25-19)12-5-3-2-4-6-12/h2-11H,1H3,(H,22,23,24,25). The van der Waals surface area contributed by atoms with Gasteiger partial charge in [-0.25, -0.2) is 4.98 Å². The van der Waals surface area contributed by atoms with Gasteiger partial charge < -0.3 is 14.5 Å². The van der Waals surface area contributed by atoms with Crippen LogP contribution in [0.3, 0.4) is 0 Å². The van der Waals surface area contributed by atoms with Crippen molar-refractivity contribution < 1.29 is 9.15 Å². The first-order valence-electron chi connectivity index (χ1n) is 8.04. The van der Waals surface area contributed by atoms with Crippen molar-refractivity contribution in [3.05, 3.63) is 66.4 Å². The van der Waals surface area contributed by atoms with Crippen molar-refractivity contribution in [3.63, 3.8) is 0 Å². The maximum atomic E-state index is 6.07. The molecule has 27 heavy (non-hydrogen) atoms. The average Bonchev–Trinajstić information content (AvgIpc) is 3.22. The second kappa shape index (κ2) is 7.43. The molecule has 4 rings (SSSR count). The molecule has 2 heterocycles. The zero-order valence-electron chi connectivity index (χ0n) is 14.3. The molecule has 8 heteroatoms. The Kier molecular flexibility index (Phi) is 4.67. The van der Waals surface area contributed by atoms with Crippen molar-refractivity contribution in [3.8, 4) is 28.5 Å². The van der Waals surface area contributed by atoms with Crippen LogP contribution in [0.5, 0.6) is 5.75 Å². The van der Waals surface area contributed by atoms with E-state index in [0.29, 0.717) is 23.3 Å². The second-order valence-electron chi connectivity index (χ2n) is 5.52. The van der Waals surface area contributed by atoms with Crippen LogP contribution < -0.4 is 10.1 Å². The van der Waals surface area contributed by atoms with Crippen molar-refractivity contribution in [1.82, 2.24) is 19.9 Å². The molecule has 0 aliphatic heterocycles. The summed E-state index contributed by atoms with van der Waals surface area (Å²) < 4.78 is 10.8. The summed E-state index contributed by atoms with van der Waals surface area (Å²) in [6.07, 6.45) is 3.00. The molecule has 0 spiro atoms. The summed E-state index contributed by atoms with van der Waals surface area (Å²) in [6, 6.07) is 15.1. The van der Waals surface area contributed by atoms with E-state index in [-0.39, 0.29) is 5.28 Å². The fourth-order valence-corrected chi connectivity index (χ4v) is 2.73. The van der Waals surface area contributed by atoms with Gasteiger partial charge in [0.1, 0.15) is 5.75 Å². The van der Waals surface area contributed by atoms with E-state index in [1.165, 1.54) is 6.39 Å². The Morgan fingerprint density at radius 1 is 1.04 bits per heavy atom. The van der Waals surface area contributed by atoms with Gasteiger partial charge in [0.2, 0.25) is 11.2 Å². The minimum atomic E-state index is 0.108. The molecule has 7 nitrogen and oxygen atoms in total. The van der Waals surface area contributed by atoms with Crippen LogP contribution in [-0.4, -0.2) is 27.0 Å². The number of oxazole rings is 1. The first kappa shape index (κ1) is 17.0. The van der Waals surface area contributed by atoms with Gasteiger partial charge >= 0.3 is 0 Å². The van der Waals surface area contributed by atoms with Gasteiger partial charge in [-0.2, -0.15) is 15.0 Å². The van der Waals surface area contributed by atoms with Gasteiger partial charge in [0.15, 0.2) is 18.0 Å². The van der Waals surface area contributed by atoms with Gasteiger partial charge in [0.05, 0.1) is 18.9 Å². The Morgan fingerprint density at radius 3 is 2.63 bits per heavy atom. The predicted octanol–water partition coefficient (Wildman–Crippen LogP) is 4.60. The lowest BCUT2D eigenvalue weighted by atomic mass is 10.1. The summed E-state index contributed by atoms with van der Waals surface area (Å²) in [5, 5.41) is 3.24. The van der Waals surface area contributed by atoms with E-state index in [1.807, 2.05) is 48.5 Å². The second-order valence-corrected chi connectivity index (χ2v) is 5.86. The number of hydrogen-bond donors (Lipinski definition) is 1. The normalized spacial score (nSPS) is 10.6. The summed E-state index contributed by atoms with van der Waals surface area (Å²) in [5.74, 6) is 2.07. The van der Waals surface area contributed by atoms with E-state index in [1.54, 1.807) is 13.3 Å². The van der Waals surface area contributed by atoms with E-state index >= 15 is 0 Å². The van der Waals surface area contributed by atoms with E-state index in [2.05, 4.69) is 25.3 Å². The molecule has 0 bridgehead atoms. The molecule has 4 aromatic rings. The minimum absolute atomic E-state index is 0.108. The van der Waals surface area contributed by atoms with E-state index in [4.69, 9.17) is 20.8 Å². The Hall–Kier alpha value is -3.45. The maximum Gasteiger partial charge on any atom is 0.232 e. The molecule has 0 aliphatic rings. The smallest absolute Gasteiger partial charge is 0.232 e. The third kappa shape index (κ3) is 3.73. The Labute approximate surface area is 160 Å². The van der Waals surface area contributed by atoms with Crippen LogP contribution in [-0.2, 0) is 0 Å². The zero-order chi connectivity index (χ0) is 18.6. The van der Waals surface area contributed by atoms with Crippen LogP contribution >= 0.6 is 11.6 Å². The van der Waals surface area contributed by atoms with Crippen molar-refractivity contribution in [2.75, 3.05) is 12.4 Å². The number of halogens is 1. The van der Waals surface area contributed by atoms with Gasteiger partial charge in [-0.05, 0) is 23.7 Å². The lowest BCUT2D eigenvalue weighted by Crippen LogP contribution is -2.01. The molecule has 1 N–H and O–H groups in total. The number of rotatable bonds is 5. The van der Waals surface area contributed by atoms with Gasteiger partial charge in [-0.3, -0.25) is 0 Å². The third-order valence-electron chi connectivity index (χ3n) is 3.80. The molecule has 0 unspecified atom stereocenters. The molecule has 0 aliphatic carbocycles. The lowest BCUT2D eigenvalue weighted by Gasteiger charge is -2.11. The highest BCUT2D eigenvalue weighted by atomic mass is 35.5. The highest BCUT2D eigenvalue weighted by Gasteiger charge is 2.12. The van der Waals surface area contributed by atoms with Crippen LogP contribution in [0.1, 0.15) is 0 Å². The molecule has 0 saturated carbocycles. The molecule has 2 aromatic carbocycles. The van der Waals surface area contributed by atoms with Crippen molar-refractivity contribution in [1.29, 1.82) is 0 Å². The van der Waals surface area contributed by atoms with Crippen molar-refractivity contribution >= 4 is 23.2 Å². The minimum Gasteiger partial charge on any atom is -0.496 e. The van der Waals surface area contributed by atoms with Gasteiger partial charge in [0.25, 0.3) is 0 Å². The highest BCUT2D eigenvalue weighted by Crippen LogP contribution is 2.33. The van der Waals surface area contributed by atoms with Gasteiger partial charge in [0, 0.05) is 17.3 Å². The van der Waals surface area contributed by atoms with Crippen molar-refractivity contribution in [2.24, 2.45) is 0 Å². The number of anilines is 2. The molecule has 0 saturated heterocycles. The summed E-state index contributed by atoms with van der Waals surface area (Å²) in [6.45, 7) is 0. The molecule has 0 radical (unpaired) electrons. The molecular weight excluding hydrogens is 366 g/mol. The Bertz CT molecular complexity index is 1060. The Morgan fingerprint density at radius 2 is 1.89 bits per heavy atom. The quantitative estimate of drug-likeness (QED) is 0.542. The summed E-state index contributed by atoms with van der Waals surface area (Å²) in [5.41, 5.74) is 2.37. The first-order chi connectivity index (χ1) is 13.2. The molecule has 0 amide bonds. The predicted molar refractivity (Wildman–Crippen MR) is 102 cm³/mol. The fourth-order valence-electron chi connectivity index (χ4n) is 2.57. The third-order valence-corrected chi connectivity index (χ3v) is 3.96. The number of aromatic nitrogens is 4. The van der Waals surface area contributed by atoms with Gasteiger partial charge in [-0.15, -0.1) is 0 Å². The largest absolute Gasteiger partial charge is 0.496 e. The summed E-state index contributed by atoms with van der Waals surface area (Å²) in [4.78, 5) is 16.7. The van der Waals surface area contributed by atoms with Crippen LogP contribution in [0.4, 0.5) is 11.6 Å². The van der Waals surface area contributed by atoms with E-state index in [0.717, 1.165) is 16.8 Å². The molecule has 2 aromatic heterocycles. The lowest BCUT2D eigenvalue weighted by molar-refractivity contribution is 0.415. The number of hydrogen-bond acceptors (Lipinski definition) is 7. The number of benzene rings is 2. The maximum absolute atomic E-state index is 6.07. The number of nitrogens with one attached hydrogen (secondary N) is 1. The topological polar surface area (TPSA) is 86.0 Å². The number of methoxy groups -OCH3 is 1. The van der Waals surface area contributed by atoms with E-state index in [9.17, 15) is 0 Å². The monoisotopic (exact) mass is 379 g/mol. The molecule has 0 fully saturated rings.